The van der Waals surface area contributed by atoms with E-state index in [-0.39, 0.29) is 22.0 Å². The number of nitrogens with one attached hydrogen (secondary N) is 1. The minimum Gasteiger partial charge on any atom is -0.322 e. The van der Waals surface area contributed by atoms with Gasteiger partial charge in [0.25, 0.3) is 9.05 Å². The van der Waals surface area contributed by atoms with Crippen LogP contribution in [0.25, 0.3) is 0 Å². The number of halogens is 2. The molecule has 1 fully saturated rings. The first kappa shape index (κ1) is 17.4. The van der Waals surface area contributed by atoms with Crippen LogP contribution in [-0.4, -0.2) is 31.9 Å². The van der Waals surface area contributed by atoms with Crippen LogP contribution in [-0.2, 0) is 9.05 Å². The lowest BCUT2D eigenvalue weighted by atomic mass is 10.0. The van der Waals surface area contributed by atoms with E-state index in [0.717, 1.165) is 32.2 Å². The molecule has 2 rings (SSSR count). The molecule has 1 unspecified atom stereocenters. The quantitative estimate of drug-likeness (QED) is 0.822. The van der Waals surface area contributed by atoms with Gasteiger partial charge in [0.1, 0.15) is 4.90 Å². The average Bonchev–Trinajstić information content (AvgIpc) is 2.45. The maximum absolute atomic E-state index is 12.4. The van der Waals surface area contributed by atoms with Gasteiger partial charge in [-0.3, -0.25) is 0 Å². The zero-order chi connectivity index (χ0) is 16.3. The Morgan fingerprint density at radius 3 is 2.73 bits per heavy atom. The predicted octanol–water partition coefficient (Wildman–Crippen LogP) is 4.06. The Kier molecular flexibility index (Phi) is 5.58. The molecular weight excluding hydrogens is 347 g/mol. The summed E-state index contributed by atoms with van der Waals surface area (Å²) in [6, 6.07) is 4.20. The molecule has 0 aliphatic carbocycles. The van der Waals surface area contributed by atoms with E-state index in [1.807, 2.05) is 4.90 Å². The van der Waals surface area contributed by atoms with Crippen LogP contribution in [0.15, 0.2) is 23.1 Å². The maximum atomic E-state index is 12.4. The number of benzene rings is 1. The zero-order valence-corrected chi connectivity index (χ0v) is 14.5. The summed E-state index contributed by atoms with van der Waals surface area (Å²) < 4.78 is 22.6. The fourth-order valence-electron chi connectivity index (χ4n) is 2.66. The number of amides is 2. The largest absolute Gasteiger partial charge is 0.322 e. The van der Waals surface area contributed by atoms with Crippen molar-refractivity contribution in [2.75, 3.05) is 11.9 Å². The van der Waals surface area contributed by atoms with Crippen molar-refractivity contribution in [3.63, 3.8) is 0 Å². The fraction of sp³-hybridized carbons (Fsp3) is 0.500. The van der Waals surface area contributed by atoms with E-state index in [9.17, 15) is 13.2 Å². The minimum atomic E-state index is -3.89. The van der Waals surface area contributed by atoms with E-state index in [0.29, 0.717) is 5.69 Å². The number of carbonyl (C=O) groups excluding carboxylic acids is 1. The molecule has 122 valence electrons. The number of hydrogen-bond donors (Lipinski definition) is 1. The highest BCUT2D eigenvalue weighted by Crippen LogP contribution is 2.28. The number of piperidine rings is 1. The molecule has 1 aromatic carbocycles. The second-order valence-corrected chi connectivity index (χ2v) is 8.21. The van der Waals surface area contributed by atoms with Crippen molar-refractivity contribution in [1.82, 2.24) is 4.90 Å². The van der Waals surface area contributed by atoms with Gasteiger partial charge in [0.15, 0.2) is 0 Å². The summed E-state index contributed by atoms with van der Waals surface area (Å²) in [7, 11) is 1.38. The van der Waals surface area contributed by atoms with Crippen LogP contribution in [0.5, 0.6) is 0 Å². The monoisotopic (exact) mass is 364 g/mol. The van der Waals surface area contributed by atoms with E-state index < -0.39 is 9.05 Å². The highest BCUT2D eigenvalue weighted by Gasteiger charge is 2.25. The molecule has 22 heavy (non-hydrogen) atoms. The van der Waals surface area contributed by atoms with E-state index in [1.54, 1.807) is 0 Å². The normalized spacial score (nSPS) is 19.0. The number of anilines is 1. The molecule has 1 saturated heterocycles. The van der Waals surface area contributed by atoms with Gasteiger partial charge in [0.05, 0.1) is 5.02 Å². The third-order valence-corrected chi connectivity index (χ3v) is 5.61. The van der Waals surface area contributed by atoms with Crippen LogP contribution in [0.1, 0.15) is 32.6 Å². The Balaban J connectivity index is 2.13. The molecule has 1 aliphatic rings. The summed E-state index contributed by atoms with van der Waals surface area (Å²) in [5.74, 6) is 0. The van der Waals surface area contributed by atoms with Crippen molar-refractivity contribution in [2.24, 2.45) is 0 Å². The molecule has 8 heteroatoms. The van der Waals surface area contributed by atoms with Crippen LogP contribution in [0, 0.1) is 0 Å². The first-order chi connectivity index (χ1) is 10.3. The molecule has 1 N–H and O–H groups in total. The van der Waals surface area contributed by atoms with Crippen molar-refractivity contribution in [3.8, 4) is 0 Å². The number of rotatable bonds is 3. The summed E-state index contributed by atoms with van der Waals surface area (Å²) in [5, 5.41) is 2.74. The average molecular weight is 365 g/mol. The van der Waals surface area contributed by atoms with Crippen molar-refractivity contribution in [3.05, 3.63) is 23.2 Å². The van der Waals surface area contributed by atoms with Gasteiger partial charge in [0, 0.05) is 29.0 Å². The van der Waals surface area contributed by atoms with E-state index in [2.05, 4.69) is 12.2 Å². The molecule has 5 nitrogen and oxygen atoms in total. The fourth-order valence-corrected chi connectivity index (χ4v) is 4.19. The predicted molar refractivity (Wildman–Crippen MR) is 88.1 cm³/mol. The number of carbonyl (C=O) groups is 1. The van der Waals surface area contributed by atoms with Crippen molar-refractivity contribution >= 4 is 43.1 Å². The van der Waals surface area contributed by atoms with Crippen LogP contribution in [0.4, 0.5) is 10.5 Å². The molecule has 1 aliphatic heterocycles. The van der Waals surface area contributed by atoms with Crippen LogP contribution in [0.3, 0.4) is 0 Å². The summed E-state index contributed by atoms with van der Waals surface area (Å²) >= 11 is 5.91. The Labute approximate surface area is 140 Å². The minimum absolute atomic E-state index is 0.0153. The Morgan fingerprint density at radius 1 is 1.41 bits per heavy atom. The molecule has 0 bridgehead atoms. The van der Waals surface area contributed by atoms with Gasteiger partial charge in [-0.25, -0.2) is 13.2 Å². The summed E-state index contributed by atoms with van der Waals surface area (Å²) in [6.45, 7) is 2.79. The second kappa shape index (κ2) is 7.06. The number of likely N-dealkylation sites (tertiary alicyclic amines) is 1. The van der Waals surface area contributed by atoms with Crippen molar-refractivity contribution in [2.45, 2.75) is 43.5 Å². The van der Waals surface area contributed by atoms with E-state index in [4.69, 9.17) is 22.3 Å². The lowest BCUT2D eigenvalue weighted by molar-refractivity contribution is 0.160. The van der Waals surface area contributed by atoms with Gasteiger partial charge in [-0.1, -0.05) is 18.5 Å². The lowest BCUT2D eigenvalue weighted by Crippen LogP contribution is -2.45. The van der Waals surface area contributed by atoms with Gasteiger partial charge in [-0.15, -0.1) is 0 Å². The van der Waals surface area contributed by atoms with Crippen LogP contribution < -0.4 is 5.32 Å². The first-order valence-electron chi connectivity index (χ1n) is 7.14. The molecule has 2 amide bonds. The van der Waals surface area contributed by atoms with Crippen molar-refractivity contribution in [1.29, 1.82) is 0 Å². The van der Waals surface area contributed by atoms with Gasteiger partial charge < -0.3 is 10.2 Å². The molecule has 0 aromatic heterocycles. The smallest absolute Gasteiger partial charge is 0.322 e. The third-order valence-electron chi connectivity index (χ3n) is 3.81. The third kappa shape index (κ3) is 4.06. The molecule has 0 radical (unpaired) electrons. The second-order valence-electron chi connectivity index (χ2n) is 5.26. The highest BCUT2D eigenvalue weighted by molar-refractivity contribution is 8.13. The topological polar surface area (TPSA) is 66.5 Å². The number of urea groups is 1. The van der Waals surface area contributed by atoms with Gasteiger partial charge >= 0.3 is 6.03 Å². The molecule has 1 heterocycles. The Hall–Kier alpha value is -0.980. The summed E-state index contributed by atoms with van der Waals surface area (Å²) in [6.07, 6.45) is 4.05. The molecule has 0 spiro atoms. The van der Waals surface area contributed by atoms with Crippen LogP contribution in [0.2, 0.25) is 5.02 Å². The maximum Gasteiger partial charge on any atom is 0.322 e. The Morgan fingerprint density at radius 2 is 2.14 bits per heavy atom. The Bertz CT molecular complexity index is 664. The van der Waals surface area contributed by atoms with E-state index in [1.165, 1.54) is 18.2 Å². The summed E-state index contributed by atoms with van der Waals surface area (Å²) in [4.78, 5) is 14.0. The van der Waals surface area contributed by atoms with Gasteiger partial charge in [-0.05, 0) is 43.9 Å². The molecule has 1 aromatic rings. The molecule has 1 atom stereocenters. The molecular formula is C14H18Cl2N2O3S. The lowest BCUT2D eigenvalue weighted by Gasteiger charge is -2.35. The number of hydrogen-bond acceptors (Lipinski definition) is 3. The van der Waals surface area contributed by atoms with Gasteiger partial charge in [-0.2, -0.15) is 0 Å². The first-order valence-corrected chi connectivity index (χ1v) is 9.83. The zero-order valence-electron chi connectivity index (χ0n) is 12.2. The van der Waals surface area contributed by atoms with Crippen molar-refractivity contribution < 1.29 is 13.2 Å². The SMILES string of the molecule is CCC1CCCCN1C(=O)Nc1ccc(S(=O)(=O)Cl)c(Cl)c1. The molecule has 0 saturated carbocycles. The number of nitrogens with zero attached hydrogens (tertiary/aromatic N) is 1. The highest BCUT2D eigenvalue weighted by atomic mass is 35.7. The van der Waals surface area contributed by atoms with Crippen LogP contribution >= 0.6 is 22.3 Å². The standard InChI is InChI=1S/C14H18Cl2N2O3S/c1-2-11-5-3-4-8-18(11)14(19)17-10-6-7-13(12(15)9-10)22(16,20)21/h6-7,9,11H,2-5,8H2,1H3,(H,17,19). The summed E-state index contributed by atoms with van der Waals surface area (Å²) in [5.41, 5.74) is 0.444. The van der Waals surface area contributed by atoms with E-state index >= 15 is 0 Å². The van der Waals surface area contributed by atoms with Gasteiger partial charge in [0.2, 0.25) is 0 Å².